The molecule has 2 aromatic rings. The first-order valence-corrected chi connectivity index (χ1v) is 7.36. The molecule has 0 atom stereocenters. The first-order chi connectivity index (χ1) is 9.68. The van der Waals surface area contributed by atoms with Crippen LogP contribution in [0.2, 0.25) is 0 Å². The van der Waals surface area contributed by atoms with Gasteiger partial charge in [0.1, 0.15) is 5.82 Å². The zero-order valence-corrected chi connectivity index (χ0v) is 12.1. The second-order valence-electron chi connectivity index (χ2n) is 4.32. The van der Waals surface area contributed by atoms with Crippen molar-refractivity contribution in [2.75, 3.05) is 17.7 Å². The highest BCUT2D eigenvalue weighted by Gasteiger charge is 2.11. The maximum atomic E-state index is 13.4. The van der Waals surface area contributed by atoms with Gasteiger partial charge in [0.2, 0.25) is 5.91 Å². The van der Waals surface area contributed by atoms with Crippen LogP contribution in [0, 0.1) is 5.82 Å². The molecule has 4 heteroatoms. The highest BCUT2D eigenvalue weighted by Crippen LogP contribution is 2.22. The number of thioether (sulfide) groups is 1. The van der Waals surface area contributed by atoms with E-state index in [9.17, 15) is 9.18 Å². The third kappa shape index (κ3) is 3.84. The lowest BCUT2D eigenvalue weighted by Crippen LogP contribution is -2.26. The first-order valence-electron chi connectivity index (χ1n) is 6.37. The summed E-state index contributed by atoms with van der Waals surface area (Å²) in [5, 5.41) is 0. The van der Waals surface area contributed by atoms with Crippen molar-refractivity contribution in [2.24, 2.45) is 0 Å². The number of carbonyl (C=O) groups is 1. The van der Waals surface area contributed by atoms with E-state index < -0.39 is 0 Å². The van der Waals surface area contributed by atoms with Crippen LogP contribution in [0.4, 0.5) is 10.1 Å². The highest BCUT2D eigenvalue weighted by molar-refractivity contribution is 7.99. The molecule has 0 aliphatic carbocycles. The number of hydrogen-bond donors (Lipinski definition) is 0. The molecule has 2 nitrogen and oxygen atoms in total. The quantitative estimate of drug-likeness (QED) is 0.776. The molecule has 0 radical (unpaired) electrons. The molecule has 0 heterocycles. The summed E-state index contributed by atoms with van der Waals surface area (Å²) in [7, 11) is 1.76. The molecule has 20 heavy (non-hydrogen) atoms. The minimum Gasteiger partial charge on any atom is -0.315 e. The van der Waals surface area contributed by atoms with Crippen LogP contribution in [0.25, 0.3) is 0 Å². The number of nitrogens with zero attached hydrogens (tertiary/aromatic N) is 1. The third-order valence-corrected chi connectivity index (χ3v) is 3.98. The molecule has 1 amide bonds. The number of halogens is 1. The fourth-order valence-corrected chi connectivity index (χ4v) is 2.65. The standard InChI is InChI=1S/C16H16FNOS/c1-18(13-7-3-2-4-8-13)16(19)11-12-20-15-10-6-5-9-14(15)17/h2-10H,11-12H2,1H3. The van der Waals surface area contributed by atoms with E-state index in [1.165, 1.54) is 17.8 Å². The molecule has 0 aromatic heterocycles. The summed E-state index contributed by atoms with van der Waals surface area (Å²) in [6, 6.07) is 16.1. The van der Waals surface area contributed by atoms with Crippen molar-refractivity contribution in [3.05, 3.63) is 60.4 Å². The third-order valence-electron chi connectivity index (χ3n) is 2.93. The van der Waals surface area contributed by atoms with Gasteiger partial charge >= 0.3 is 0 Å². The van der Waals surface area contributed by atoms with Crippen LogP contribution in [0.1, 0.15) is 6.42 Å². The first kappa shape index (κ1) is 14.6. The molecule has 0 aliphatic rings. The Morgan fingerprint density at radius 3 is 2.45 bits per heavy atom. The molecule has 0 unspecified atom stereocenters. The zero-order valence-electron chi connectivity index (χ0n) is 11.3. The van der Waals surface area contributed by atoms with Gasteiger partial charge in [-0.3, -0.25) is 4.79 Å². The van der Waals surface area contributed by atoms with Crippen molar-refractivity contribution in [1.29, 1.82) is 0 Å². The Bertz CT molecular complexity index is 574. The van der Waals surface area contributed by atoms with Gasteiger partial charge in [0.05, 0.1) is 0 Å². The van der Waals surface area contributed by atoms with Crippen LogP contribution in [-0.4, -0.2) is 18.7 Å². The molecule has 0 bridgehead atoms. The van der Waals surface area contributed by atoms with Crippen LogP contribution < -0.4 is 4.90 Å². The van der Waals surface area contributed by atoms with E-state index in [4.69, 9.17) is 0 Å². The lowest BCUT2D eigenvalue weighted by atomic mass is 10.3. The second kappa shape index (κ2) is 7.10. The van der Waals surface area contributed by atoms with E-state index in [2.05, 4.69) is 0 Å². The van der Waals surface area contributed by atoms with Gasteiger partial charge in [0.25, 0.3) is 0 Å². The van der Waals surface area contributed by atoms with Crippen molar-refractivity contribution in [1.82, 2.24) is 0 Å². The lowest BCUT2D eigenvalue weighted by Gasteiger charge is -2.17. The average molecular weight is 289 g/mol. The molecule has 0 saturated heterocycles. The number of benzene rings is 2. The largest absolute Gasteiger partial charge is 0.315 e. The minimum absolute atomic E-state index is 0.0278. The SMILES string of the molecule is CN(C(=O)CCSc1ccccc1F)c1ccccc1. The smallest absolute Gasteiger partial charge is 0.227 e. The van der Waals surface area contributed by atoms with Crippen molar-refractivity contribution < 1.29 is 9.18 Å². The average Bonchev–Trinajstić information content (AvgIpc) is 2.49. The Hall–Kier alpha value is -1.81. The maximum absolute atomic E-state index is 13.4. The van der Waals surface area contributed by atoms with Crippen LogP contribution >= 0.6 is 11.8 Å². The molecule has 0 saturated carbocycles. The van der Waals surface area contributed by atoms with Gasteiger partial charge in [-0.05, 0) is 24.3 Å². The molecular weight excluding hydrogens is 273 g/mol. The van der Waals surface area contributed by atoms with Crippen molar-refractivity contribution in [3.63, 3.8) is 0 Å². The molecule has 0 N–H and O–H groups in total. The molecule has 104 valence electrons. The fraction of sp³-hybridized carbons (Fsp3) is 0.188. The fourth-order valence-electron chi connectivity index (χ4n) is 1.77. The van der Waals surface area contributed by atoms with Gasteiger partial charge in [-0.15, -0.1) is 11.8 Å². The zero-order chi connectivity index (χ0) is 14.4. The lowest BCUT2D eigenvalue weighted by molar-refractivity contribution is -0.117. The second-order valence-corrected chi connectivity index (χ2v) is 5.45. The number of para-hydroxylation sites is 1. The van der Waals surface area contributed by atoms with E-state index in [1.807, 2.05) is 30.3 Å². The van der Waals surface area contributed by atoms with Gasteiger partial charge in [0, 0.05) is 29.8 Å². The van der Waals surface area contributed by atoms with Crippen molar-refractivity contribution in [2.45, 2.75) is 11.3 Å². The summed E-state index contributed by atoms with van der Waals surface area (Å²) in [6.45, 7) is 0. The van der Waals surface area contributed by atoms with Crippen LogP contribution in [0.15, 0.2) is 59.5 Å². The number of hydrogen-bond acceptors (Lipinski definition) is 2. The van der Waals surface area contributed by atoms with E-state index in [0.717, 1.165) is 5.69 Å². The number of anilines is 1. The van der Waals surface area contributed by atoms with Gasteiger partial charge < -0.3 is 4.90 Å². The van der Waals surface area contributed by atoms with E-state index in [-0.39, 0.29) is 11.7 Å². The normalized spacial score (nSPS) is 10.3. The van der Waals surface area contributed by atoms with Gasteiger partial charge in [-0.25, -0.2) is 4.39 Å². The van der Waals surface area contributed by atoms with E-state index in [1.54, 1.807) is 30.1 Å². The summed E-state index contributed by atoms with van der Waals surface area (Å²) in [6.07, 6.45) is 0.379. The van der Waals surface area contributed by atoms with Crippen molar-refractivity contribution >= 4 is 23.4 Å². The maximum Gasteiger partial charge on any atom is 0.227 e. The summed E-state index contributed by atoms with van der Waals surface area (Å²) >= 11 is 1.37. The monoisotopic (exact) mass is 289 g/mol. The summed E-state index contributed by atoms with van der Waals surface area (Å²) in [5.41, 5.74) is 0.869. The summed E-state index contributed by atoms with van der Waals surface area (Å²) in [5.74, 6) is 0.359. The Balaban J connectivity index is 1.85. The topological polar surface area (TPSA) is 20.3 Å². The molecular formula is C16H16FNOS. The molecule has 0 fully saturated rings. The molecule has 0 spiro atoms. The Labute approximate surface area is 122 Å². The Morgan fingerprint density at radius 1 is 1.10 bits per heavy atom. The summed E-state index contributed by atoms with van der Waals surface area (Å²) < 4.78 is 13.4. The molecule has 0 aliphatic heterocycles. The van der Waals surface area contributed by atoms with Gasteiger partial charge in [-0.2, -0.15) is 0 Å². The van der Waals surface area contributed by atoms with E-state index in [0.29, 0.717) is 17.1 Å². The molecule has 2 aromatic carbocycles. The predicted molar refractivity (Wildman–Crippen MR) is 81.6 cm³/mol. The van der Waals surface area contributed by atoms with Crippen LogP contribution in [-0.2, 0) is 4.79 Å². The Kier molecular flexibility index (Phi) is 5.18. The Morgan fingerprint density at radius 2 is 1.75 bits per heavy atom. The van der Waals surface area contributed by atoms with Gasteiger partial charge in [0.15, 0.2) is 0 Å². The van der Waals surface area contributed by atoms with Crippen LogP contribution in [0.5, 0.6) is 0 Å². The number of carbonyl (C=O) groups excluding carboxylic acids is 1. The highest BCUT2D eigenvalue weighted by atomic mass is 32.2. The number of rotatable bonds is 5. The molecule has 2 rings (SSSR count). The minimum atomic E-state index is -0.235. The van der Waals surface area contributed by atoms with Crippen LogP contribution in [0.3, 0.4) is 0 Å². The summed E-state index contributed by atoms with van der Waals surface area (Å²) in [4.78, 5) is 14.3. The predicted octanol–water partition coefficient (Wildman–Crippen LogP) is 3.97. The number of amides is 1. The van der Waals surface area contributed by atoms with Crippen molar-refractivity contribution in [3.8, 4) is 0 Å². The van der Waals surface area contributed by atoms with E-state index >= 15 is 0 Å². The van der Waals surface area contributed by atoms with Gasteiger partial charge in [-0.1, -0.05) is 30.3 Å².